The molecular weight excluding hydrogens is 542 g/mol. The van der Waals surface area contributed by atoms with Crippen molar-refractivity contribution in [3.05, 3.63) is 186 Å². The zero-order valence-electron chi connectivity index (χ0n) is 24.9. The van der Waals surface area contributed by atoms with E-state index in [2.05, 4.69) is 82.7 Å². The molecule has 44 heavy (non-hydrogen) atoms. The number of hydrogen-bond acceptors (Lipinski definition) is 3. The van der Waals surface area contributed by atoms with Gasteiger partial charge in [0.2, 0.25) is 0 Å². The molecule has 1 atom stereocenters. The van der Waals surface area contributed by atoms with Crippen molar-refractivity contribution in [2.75, 3.05) is 7.05 Å². The summed E-state index contributed by atoms with van der Waals surface area (Å²) in [6.45, 7) is 1.97. The van der Waals surface area contributed by atoms with Crippen LogP contribution in [-0.4, -0.2) is 27.6 Å². The number of benzene rings is 5. The van der Waals surface area contributed by atoms with Gasteiger partial charge >= 0.3 is 0 Å². The highest BCUT2D eigenvalue weighted by atomic mass is 16.3. The fourth-order valence-corrected chi connectivity index (χ4v) is 6.16. The van der Waals surface area contributed by atoms with Gasteiger partial charge in [-0.05, 0) is 51.9 Å². The SMILES string of the molecule is CCC(O)(c1ccc(-c2cccc(C(=O)NC)c2)cc1)c1cn(C(c2ccccc2)(c2ccccc2)c2ccccc2)cn1. The van der Waals surface area contributed by atoms with Gasteiger partial charge in [0.05, 0.1) is 12.0 Å². The van der Waals surface area contributed by atoms with E-state index < -0.39 is 11.1 Å². The Morgan fingerprint density at radius 2 is 1.25 bits per heavy atom. The lowest BCUT2D eigenvalue weighted by Gasteiger charge is -2.37. The number of nitrogens with zero attached hydrogens (tertiary/aromatic N) is 2. The molecule has 1 heterocycles. The average Bonchev–Trinajstić information content (AvgIpc) is 3.61. The van der Waals surface area contributed by atoms with Crippen LogP contribution >= 0.6 is 0 Å². The smallest absolute Gasteiger partial charge is 0.251 e. The molecule has 0 radical (unpaired) electrons. The van der Waals surface area contributed by atoms with Crippen molar-refractivity contribution in [1.29, 1.82) is 0 Å². The number of aromatic nitrogens is 2. The van der Waals surface area contributed by atoms with E-state index >= 15 is 0 Å². The van der Waals surface area contributed by atoms with E-state index in [1.807, 2.05) is 80.1 Å². The summed E-state index contributed by atoms with van der Waals surface area (Å²) in [7, 11) is 1.63. The Kier molecular flexibility index (Phi) is 7.97. The molecule has 1 aromatic heterocycles. The molecule has 5 nitrogen and oxygen atoms in total. The molecular formula is C39H35N3O2. The van der Waals surface area contributed by atoms with Crippen molar-refractivity contribution in [2.24, 2.45) is 0 Å². The first-order chi connectivity index (χ1) is 21.5. The molecule has 5 aromatic carbocycles. The first-order valence-electron chi connectivity index (χ1n) is 14.9. The fourth-order valence-electron chi connectivity index (χ4n) is 6.16. The van der Waals surface area contributed by atoms with E-state index in [1.54, 1.807) is 13.1 Å². The molecule has 6 rings (SSSR count). The van der Waals surface area contributed by atoms with Crippen molar-refractivity contribution in [3.63, 3.8) is 0 Å². The number of nitrogens with one attached hydrogen (secondary N) is 1. The van der Waals surface area contributed by atoms with Crippen LogP contribution in [0.1, 0.15) is 51.7 Å². The Labute approximate surface area is 258 Å². The van der Waals surface area contributed by atoms with Gasteiger partial charge in [-0.2, -0.15) is 0 Å². The molecule has 0 saturated carbocycles. The van der Waals surface area contributed by atoms with Gasteiger partial charge in [0, 0.05) is 18.8 Å². The summed E-state index contributed by atoms with van der Waals surface area (Å²) in [5.74, 6) is -0.128. The molecule has 0 aliphatic rings. The molecule has 6 aromatic rings. The maximum absolute atomic E-state index is 12.2. The first kappa shape index (κ1) is 28.8. The normalized spacial score (nSPS) is 12.8. The van der Waals surface area contributed by atoms with Crippen LogP contribution in [0.25, 0.3) is 11.1 Å². The largest absolute Gasteiger partial charge is 0.379 e. The second kappa shape index (κ2) is 12.2. The van der Waals surface area contributed by atoms with Crippen molar-refractivity contribution in [3.8, 4) is 11.1 Å². The molecule has 1 unspecified atom stereocenters. The predicted octanol–water partition coefficient (Wildman–Crippen LogP) is 7.40. The maximum Gasteiger partial charge on any atom is 0.251 e. The lowest BCUT2D eigenvalue weighted by molar-refractivity contribution is 0.0722. The number of rotatable bonds is 9. The van der Waals surface area contributed by atoms with Crippen LogP contribution in [0.3, 0.4) is 0 Å². The van der Waals surface area contributed by atoms with Gasteiger partial charge in [0.25, 0.3) is 5.91 Å². The van der Waals surface area contributed by atoms with Crippen molar-refractivity contribution in [2.45, 2.75) is 24.5 Å². The average molecular weight is 578 g/mol. The maximum atomic E-state index is 12.2. The van der Waals surface area contributed by atoms with E-state index in [1.165, 1.54) is 0 Å². The first-order valence-corrected chi connectivity index (χ1v) is 14.9. The van der Waals surface area contributed by atoms with E-state index in [0.717, 1.165) is 33.4 Å². The van der Waals surface area contributed by atoms with E-state index in [-0.39, 0.29) is 5.91 Å². The minimum Gasteiger partial charge on any atom is -0.379 e. The molecule has 1 amide bonds. The van der Waals surface area contributed by atoms with Crippen LogP contribution in [-0.2, 0) is 11.1 Å². The van der Waals surface area contributed by atoms with Crippen molar-refractivity contribution in [1.82, 2.24) is 14.9 Å². The summed E-state index contributed by atoms with van der Waals surface area (Å²) in [4.78, 5) is 17.0. The second-order valence-electron chi connectivity index (χ2n) is 10.9. The molecule has 0 fully saturated rings. The Hall–Kier alpha value is -5.26. The number of amides is 1. The van der Waals surface area contributed by atoms with E-state index in [4.69, 9.17) is 4.98 Å². The zero-order valence-corrected chi connectivity index (χ0v) is 24.9. The van der Waals surface area contributed by atoms with Gasteiger partial charge in [-0.25, -0.2) is 4.98 Å². The Morgan fingerprint density at radius 3 is 1.75 bits per heavy atom. The summed E-state index contributed by atoms with van der Waals surface area (Å²) in [6, 6.07) is 46.7. The molecule has 5 heteroatoms. The third-order valence-corrected chi connectivity index (χ3v) is 8.53. The number of carbonyl (C=O) groups is 1. The molecule has 0 saturated heterocycles. The zero-order chi connectivity index (χ0) is 30.6. The van der Waals surface area contributed by atoms with Gasteiger partial charge in [0.15, 0.2) is 0 Å². The highest BCUT2D eigenvalue weighted by molar-refractivity contribution is 5.95. The van der Waals surface area contributed by atoms with Gasteiger partial charge in [-0.3, -0.25) is 4.79 Å². The minimum absolute atomic E-state index is 0.128. The summed E-state index contributed by atoms with van der Waals surface area (Å²) in [5.41, 5.74) is 5.04. The van der Waals surface area contributed by atoms with Gasteiger partial charge < -0.3 is 15.0 Å². The summed E-state index contributed by atoms with van der Waals surface area (Å²) >= 11 is 0. The highest BCUT2D eigenvalue weighted by Crippen LogP contribution is 2.42. The molecule has 2 N–H and O–H groups in total. The Balaban J connectivity index is 1.45. The van der Waals surface area contributed by atoms with Crippen LogP contribution in [0.5, 0.6) is 0 Å². The van der Waals surface area contributed by atoms with Gasteiger partial charge in [-0.15, -0.1) is 0 Å². The molecule has 0 bridgehead atoms. The van der Waals surface area contributed by atoms with Gasteiger partial charge in [0.1, 0.15) is 11.1 Å². The monoisotopic (exact) mass is 577 g/mol. The topological polar surface area (TPSA) is 67.2 Å². The lowest BCUT2D eigenvalue weighted by Crippen LogP contribution is -2.37. The number of hydrogen-bond donors (Lipinski definition) is 2. The van der Waals surface area contributed by atoms with Crippen LogP contribution in [0.2, 0.25) is 0 Å². The lowest BCUT2D eigenvalue weighted by atomic mass is 9.76. The standard InChI is InChI=1S/C39H35N3O2/c1-3-38(44,32-24-22-29(23-25-32)30-14-13-15-31(26-30)37(43)40-2)36-27-42(28-41-36)39(33-16-7-4-8-17-33,34-18-9-5-10-19-34)35-20-11-6-12-21-35/h4-28,44H,3H2,1-2H3,(H,40,43). The van der Waals surface area contributed by atoms with Crippen LogP contribution < -0.4 is 5.32 Å². The van der Waals surface area contributed by atoms with Crippen LogP contribution in [0.4, 0.5) is 0 Å². The highest BCUT2D eigenvalue weighted by Gasteiger charge is 2.40. The van der Waals surface area contributed by atoms with Gasteiger partial charge in [-0.1, -0.05) is 134 Å². The van der Waals surface area contributed by atoms with E-state index in [9.17, 15) is 9.90 Å². The van der Waals surface area contributed by atoms with Crippen LogP contribution in [0, 0.1) is 0 Å². The number of imidazole rings is 1. The second-order valence-corrected chi connectivity index (χ2v) is 10.9. The van der Waals surface area contributed by atoms with Crippen molar-refractivity contribution >= 4 is 5.91 Å². The summed E-state index contributed by atoms with van der Waals surface area (Å²) in [5, 5.41) is 14.9. The molecule has 0 aliphatic carbocycles. The van der Waals surface area contributed by atoms with Crippen molar-refractivity contribution < 1.29 is 9.90 Å². The minimum atomic E-state index is -1.32. The summed E-state index contributed by atoms with van der Waals surface area (Å²) in [6.07, 6.45) is 4.25. The quantitative estimate of drug-likeness (QED) is 0.176. The molecule has 218 valence electrons. The third kappa shape index (κ3) is 5.01. The number of aliphatic hydroxyl groups is 1. The fraction of sp³-hybridized carbons (Fsp3) is 0.128. The van der Waals surface area contributed by atoms with E-state index in [0.29, 0.717) is 17.7 Å². The number of carbonyl (C=O) groups excluding carboxylic acids is 1. The molecule has 0 spiro atoms. The summed E-state index contributed by atoms with van der Waals surface area (Å²) < 4.78 is 2.13. The molecule has 0 aliphatic heterocycles. The predicted molar refractivity (Wildman–Crippen MR) is 175 cm³/mol. The Bertz CT molecular complexity index is 1750. The Morgan fingerprint density at radius 1 is 0.705 bits per heavy atom. The van der Waals surface area contributed by atoms with Crippen LogP contribution in [0.15, 0.2) is 152 Å². The third-order valence-electron chi connectivity index (χ3n) is 8.53.